The molecule has 0 spiro atoms. The molecule has 3 aromatic carbocycles. The molecule has 154 valence electrons. The van der Waals surface area contributed by atoms with Gasteiger partial charge in [-0.3, -0.25) is 5.43 Å². The van der Waals surface area contributed by atoms with Gasteiger partial charge >= 0.3 is 0 Å². The number of hydrogen-bond acceptors (Lipinski definition) is 6. The van der Waals surface area contributed by atoms with E-state index in [0.29, 0.717) is 5.95 Å². The molecule has 0 bridgehead atoms. The van der Waals surface area contributed by atoms with Gasteiger partial charge in [-0.2, -0.15) is 11.8 Å². The van der Waals surface area contributed by atoms with Crippen LogP contribution in [-0.4, -0.2) is 21.4 Å². The smallest absolute Gasteiger partial charge is 0.261 e. The molecule has 0 aliphatic heterocycles. The Bertz CT molecular complexity index is 1120. The third kappa shape index (κ3) is 5.29. The van der Waals surface area contributed by atoms with E-state index in [-0.39, 0.29) is 5.25 Å². The number of benzene rings is 3. The summed E-state index contributed by atoms with van der Waals surface area (Å²) < 4.78 is 0. The van der Waals surface area contributed by atoms with Crippen LogP contribution in [0.15, 0.2) is 103 Å². The number of aromatic nitrogens is 3. The van der Waals surface area contributed by atoms with Crippen LogP contribution in [0, 0.1) is 0 Å². The van der Waals surface area contributed by atoms with Crippen LogP contribution in [0.5, 0.6) is 0 Å². The second kappa shape index (κ2) is 10.4. The Morgan fingerprint density at radius 1 is 0.742 bits per heavy atom. The summed E-state index contributed by atoms with van der Waals surface area (Å²) in [5.74, 6) is 0.406. The van der Waals surface area contributed by atoms with Gasteiger partial charge in [-0.1, -0.05) is 91.0 Å². The molecule has 0 radical (unpaired) electrons. The highest BCUT2D eigenvalue weighted by Gasteiger charge is 2.13. The Labute approximate surface area is 186 Å². The first-order valence-electron chi connectivity index (χ1n) is 9.96. The lowest BCUT2D eigenvalue weighted by Crippen LogP contribution is -2.18. The van der Waals surface area contributed by atoms with E-state index in [1.807, 2.05) is 72.9 Å². The first-order valence-corrected chi connectivity index (χ1v) is 11.3. The Balaban J connectivity index is 1.53. The van der Waals surface area contributed by atoms with Crippen LogP contribution in [-0.2, 0) is 0 Å². The van der Waals surface area contributed by atoms with Crippen molar-refractivity contribution in [3.05, 3.63) is 109 Å². The van der Waals surface area contributed by atoms with Crippen LogP contribution < -0.4 is 10.9 Å². The Hall–Kier alpha value is -3.64. The first-order chi connectivity index (χ1) is 15.3. The highest BCUT2D eigenvalue weighted by Crippen LogP contribution is 2.29. The maximum Gasteiger partial charge on any atom is 0.261 e. The summed E-state index contributed by atoms with van der Waals surface area (Å²) in [5, 5.41) is 8.98. The van der Waals surface area contributed by atoms with Crippen LogP contribution in [0.25, 0.3) is 22.5 Å². The van der Waals surface area contributed by atoms with Crippen molar-refractivity contribution in [1.82, 2.24) is 20.6 Å². The van der Waals surface area contributed by atoms with Gasteiger partial charge in [0.2, 0.25) is 0 Å². The van der Waals surface area contributed by atoms with Crippen LogP contribution >= 0.6 is 11.8 Å². The molecule has 0 fully saturated rings. The number of hydrogen-bond donors (Lipinski definition) is 2. The average Bonchev–Trinajstić information content (AvgIpc) is 2.85. The summed E-state index contributed by atoms with van der Waals surface area (Å²) in [6, 6.07) is 30.4. The molecule has 6 heteroatoms. The predicted molar refractivity (Wildman–Crippen MR) is 129 cm³/mol. The van der Waals surface area contributed by atoms with Gasteiger partial charge < -0.3 is 5.43 Å². The Morgan fingerprint density at radius 3 is 1.94 bits per heavy atom. The highest BCUT2D eigenvalue weighted by molar-refractivity contribution is 7.99. The fraction of sp³-hybridized carbons (Fsp3) is 0.0800. The molecule has 5 nitrogen and oxygen atoms in total. The second-order valence-electron chi connectivity index (χ2n) is 6.76. The fourth-order valence-corrected chi connectivity index (χ4v) is 3.84. The van der Waals surface area contributed by atoms with E-state index < -0.39 is 0 Å². The molecule has 4 aromatic rings. The van der Waals surface area contributed by atoms with Crippen LogP contribution in [0.1, 0.15) is 10.8 Å². The normalized spacial score (nSPS) is 11.9. The van der Waals surface area contributed by atoms with Crippen molar-refractivity contribution in [2.75, 3.05) is 11.7 Å². The molecule has 4 rings (SSSR count). The maximum absolute atomic E-state index is 4.73. The molecule has 2 N–H and O–H groups in total. The second-order valence-corrected chi connectivity index (χ2v) is 7.74. The number of rotatable bonds is 8. The zero-order chi connectivity index (χ0) is 21.3. The molecule has 0 aliphatic rings. The van der Waals surface area contributed by atoms with Crippen molar-refractivity contribution in [2.45, 2.75) is 5.25 Å². The molecule has 1 atom stereocenters. The lowest BCUT2D eigenvalue weighted by atomic mass is 10.0. The quantitative estimate of drug-likeness (QED) is 0.351. The minimum Gasteiger partial charge on any atom is -0.306 e. The average molecular weight is 426 g/mol. The summed E-state index contributed by atoms with van der Waals surface area (Å²) in [4.78, 5) is 4.73. The molecule has 0 aliphatic carbocycles. The monoisotopic (exact) mass is 425 g/mol. The fourth-order valence-electron chi connectivity index (χ4n) is 3.18. The van der Waals surface area contributed by atoms with Crippen molar-refractivity contribution in [3.63, 3.8) is 0 Å². The van der Waals surface area contributed by atoms with Crippen molar-refractivity contribution in [3.8, 4) is 22.5 Å². The van der Waals surface area contributed by atoms with Gasteiger partial charge in [-0.05, 0) is 17.9 Å². The molecule has 1 heterocycles. The molecule has 0 saturated heterocycles. The summed E-state index contributed by atoms with van der Waals surface area (Å²) in [5.41, 5.74) is 10.8. The molecule has 1 unspecified atom stereocenters. The minimum absolute atomic E-state index is 0.259. The predicted octanol–water partition coefficient (Wildman–Crippen LogP) is 5.74. The van der Waals surface area contributed by atoms with Crippen molar-refractivity contribution in [2.24, 2.45) is 0 Å². The van der Waals surface area contributed by atoms with Crippen molar-refractivity contribution < 1.29 is 0 Å². The first kappa shape index (κ1) is 20.6. The summed E-state index contributed by atoms with van der Waals surface area (Å²) in [6.07, 6.45) is 6.05. The molecule has 31 heavy (non-hydrogen) atoms. The zero-order valence-electron chi connectivity index (χ0n) is 17.1. The van der Waals surface area contributed by atoms with Gasteiger partial charge in [0.1, 0.15) is 11.4 Å². The van der Waals surface area contributed by atoms with Crippen LogP contribution in [0.2, 0.25) is 0 Å². The van der Waals surface area contributed by atoms with Gasteiger partial charge in [0.05, 0.1) is 0 Å². The molecule has 0 amide bonds. The number of anilines is 1. The Morgan fingerprint density at radius 2 is 1.32 bits per heavy atom. The van der Waals surface area contributed by atoms with Crippen molar-refractivity contribution >= 4 is 17.7 Å². The SMILES string of the molecule is CSC(/C=C/NNc1nnc(-c2ccccc2)c(-c2ccccc2)n1)c1ccccc1. The van der Waals surface area contributed by atoms with E-state index in [0.717, 1.165) is 22.5 Å². The summed E-state index contributed by atoms with van der Waals surface area (Å²) in [6.45, 7) is 0. The molecule has 1 aromatic heterocycles. The largest absolute Gasteiger partial charge is 0.306 e. The van der Waals surface area contributed by atoms with E-state index in [1.54, 1.807) is 11.8 Å². The lowest BCUT2D eigenvalue weighted by molar-refractivity contribution is 0.922. The number of hydrazine groups is 1. The van der Waals surface area contributed by atoms with E-state index in [2.05, 4.69) is 57.6 Å². The number of nitrogens with zero attached hydrogens (tertiary/aromatic N) is 3. The third-order valence-electron chi connectivity index (χ3n) is 4.70. The Kier molecular flexibility index (Phi) is 6.92. The van der Waals surface area contributed by atoms with Crippen LogP contribution in [0.3, 0.4) is 0 Å². The van der Waals surface area contributed by atoms with E-state index in [4.69, 9.17) is 4.98 Å². The third-order valence-corrected chi connectivity index (χ3v) is 5.64. The summed E-state index contributed by atoms with van der Waals surface area (Å²) in [7, 11) is 0. The van der Waals surface area contributed by atoms with Gasteiger partial charge in [-0.25, -0.2) is 4.98 Å². The highest BCUT2D eigenvalue weighted by atomic mass is 32.2. The van der Waals surface area contributed by atoms with E-state index >= 15 is 0 Å². The minimum atomic E-state index is 0.259. The van der Waals surface area contributed by atoms with Gasteiger partial charge in [0.25, 0.3) is 5.95 Å². The topological polar surface area (TPSA) is 62.7 Å². The molecular weight excluding hydrogens is 402 g/mol. The zero-order valence-corrected chi connectivity index (χ0v) is 18.0. The van der Waals surface area contributed by atoms with Gasteiger partial charge in [0, 0.05) is 22.6 Å². The number of nitrogens with one attached hydrogen (secondary N) is 2. The maximum atomic E-state index is 4.73. The van der Waals surface area contributed by atoms with E-state index in [9.17, 15) is 0 Å². The lowest BCUT2D eigenvalue weighted by Gasteiger charge is -2.12. The molecular formula is C25H23N5S. The van der Waals surface area contributed by atoms with Crippen LogP contribution in [0.4, 0.5) is 5.95 Å². The number of thioether (sulfide) groups is 1. The molecule has 0 saturated carbocycles. The van der Waals surface area contributed by atoms with Crippen molar-refractivity contribution in [1.29, 1.82) is 0 Å². The summed E-state index contributed by atoms with van der Waals surface area (Å²) >= 11 is 1.77. The standard InChI is InChI=1S/C25H23N5S/c1-31-22(19-11-5-2-6-12-19)17-18-26-29-25-27-23(20-13-7-3-8-14-20)24(28-30-25)21-15-9-4-10-16-21/h2-18,22,26H,1H3,(H,27,29,30)/b18-17+. The van der Waals surface area contributed by atoms with E-state index in [1.165, 1.54) is 5.56 Å². The van der Waals surface area contributed by atoms with Gasteiger partial charge in [-0.15, -0.1) is 10.2 Å². The van der Waals surface area contributed by atoms with Gasteiger partial charge in [0.15, 0.2) is 0 Å².